The SMILES string of the molecule is COCCN(CC(=O)N1N=C(c2ccc(OC)cc2)C[C@H]1c1ccc(Cl)cc1)C(C)=O. The minimum Gasteiger partial charge on any atom is -0.497 e. The number of hydrazone groups is 1. The van der Waals surface area contributed by atoms with Crippen LogP contribution in [-0.2, 0) is 14.3 Å². The van der Waals surface area contributed by atoms with E-state index in [1.807, 2.05) is 36.4 Å². The summed E-state index contributed by atoms with van der Waals surface area (Å²) in [4.78, 5) is 26.6. The lowest BCUT2D eigenvalue weighted by atomic mass is 9.98. The third kappa shape index (κ3) is 5.62. The van der Waals surface area contributed by atoms with Gasteiger partial charge in [-0.1, -0.05) is 23.7 Å². The number of ether oxygens (including phenoxy) is 2. The van der Waals surface area contributed by atoms with Crippen molar-refractivity contribution in [2.24, 2.45) is 5.10 Å². The molecule has 2 aromatic rings. The van der Waals surface area contributed by atoms with Gasteiger partial charge in [-0.25, -0.2) is 5.01 Å². The van der Waals surface area contributed by atoms with Crippen molar-refractivity contribution >= 4 is 29.1 Å². The third-order valence-corrected chi connectivity index (χ3v) is 5.43. The number of halogens is 1. The molecule has 0 spiro atoms. The van der Waals surface area contributed by atoms with Crippen LogP contribution in [0.15, 0.2) is 53.6 Å². The molecule has 1 heterocycles. The standard InChI is InChI=1S/C23H26ClN3O4/c1-16(28)26(12-13-30-2)15-23(29)27-22(18-4-8-19(24)9-5-18)14-21(25-27)17-6-10-20(31-3)11-7-17/h4-11,22H,12-15H2,1-3H3/t22-/m0/s1. The van der Waals surface area contributed by atoms with Crippen molar-refractivity contribution in [1.29, 1.82) is 0 Å². The van der Waals surface area contributed by atoms with Crippen LogP contribution in [-0.4, -0.2) is 61.4 Å². The number of nitrogens with zero attached hydrogens (tertiary/aromatic N) is 3. The maximum Gasteiger partial charge on any atom is 0.262 e. The van der Waals surface area contributed by atoms with Crippen molar-refractivity contribution in [3.63, 3.8) is 0 Å². The van der Waals surface area contributed by atoms with Crippen molar-refractivity contribution in [3.8, 4) is 5.75 Å². The molecule has 3 rings (SSSR count). The van der Waals surface area contributed by atoms with Crippen molar-refractivity contribution in [2.45, 2.75) is 19.4 Å². The Bertz CT molecular complexity index is 944. The predicted molar refractivity (Wildman–Crippen MR) is 119 cm³/mol. The average Bonchev–Trinajstić information content (AvgIpc) is 3.22. The van der Waals surface area contributed by atoms with Crippen LogP contribution in [0.1, 0.15) is 30.5 Å². The number of methoxy groups -OCH3 is 2. The van der Waals surface area contributed by atoms with Gasteiger partial charge in [0.2, 0.25) is 5.91 Å². The zero-order valence-electron chi connectivity index (χ0n) is 17.9. The Morgan fingerprint density at radius 2 is 1.81 bits per heavy atom. The molecule has 1 atom stereocenters. The van der Waals surface area contributed by atoms with Gasteiger partial charge in [0.05, 0.1) is 25.5 Å². The molecule has 0 N–H and O–H groups in total. The highest BCUT2D eigenvalue weighted by Gasteiger charge is 2.34. The Morgan fingerprint density at radius 1 is 1.13 bits per heavy atom. The van der Waals surface area contributed by atoms with Crippen molar-refractivity contribution in [2.75, 3.05) is 33.9 Å². The molecule has 2 amide bonds. The fourth-order valence-electron chi connectivity index (χ4n) is 3.43. The summed E-state index contributed by atoms with van der Waals surface area (Å²) in [7, 11) is 3.17. The molecule has 2 aromatic carbocycles. The second kappa shape index (κ2) is 10.4. The lowest BCUT2D eigenvalue weighted by Crippen LogP contribution is -2.41. The largest absolute Gasteiger partial charge is 0.497 e. The highest BCUT2D eigenvalue weighted by atomic mass is 35.5. The predicted octanol–water partition coefficient (Wildman–Crippen LogP) is 3.52. The number of amides is 2. The van der Waals surface area contributed by atoms with E-state index in [0.29, 0.717) is 24.6 Å². The van der Waals surface area contributed by atoms with Crippen LogP contribution < -0.4 is 4.74 Å². The monoisotopic (exact) mass is 443 g/mol. The molecular formula is C23H26ClN3O4. The van der Waals surface area contributed by atoms with Crippen LogP contribution in [0.5, 0.6) is 5.75 Å². The first-order valence-electron chi connectivity index (χ1n) is 9.96. The van der Waals surface area contributed by atoms with E-state index in [1.54, 1.807) is 26.4 Å². The van der Waals surface area contributed by atoms with Gasteiger partial charge >= 0.3 is 0 Å². The molecule has 0 fully saturated rings. The summed E-state index contributed by atoms with van der Waals surface area (Å²) in [5, 5.41) is 6.75. The first-order valence-corrected chi connectivity index (χ1v) is 10.3. The second-order valence-corrected chi connectivity index (χ2v) is 7.65. The number of rotatable bonds is 8. The van der Waals surface area contributed by atoms with Gasteiger partial charge in [0, 0.05) is 32.0 Å². The second-order valence-electron chi connectivity index (χ2n) is 7.22. The van der Waals surface area contributed by atoms with Crippen LogP contribution in [0.3, 0.4) is 0 Å². The molecule has 7 nitrogen and oxygen atoms in total. The molecule has 0 unspecified atom stereocenters. The number of hydrogen-bond donors (Lipinski definition) is 0. The van der Waals surface area contributed by atoms with Gasteiger partial charge in [-0.15, -0.1) is 0 Å². The highest BCUT2D eigenvalue weighted by Crippen LogP contribution is 2.33. The zero-order valence-corrected chi connectivity index (χ0v) is 18.6. The van der Waals surface area contributed by atoms with E-state index >= 15 is 0 Å². The topological polar surface area (TPSA) is 71.4 Å². The maximum atomic E-state index is 13.2. The van der Waals surface area contributed by atoms with Crippen molar-refractivity contribution in [3.05, 3.63) is 64.7 Å². The molecule has 0 aliphatic carbocycles. The van der Waals surface area contributed by atoms with E-state index < -0.39 is 0 Å². The van der Waals surface area contributed by atoms with E-state index in [-0.39, 0.29) is 24.4 Å². The molecule has 0 aromatic heterocycles. The lowest BCUT2D eigenvalue weighted by Gasteiger charge is -2.26. The Balaban J connectivity index is 1.88. The van der Waals surface area contributed by atoms with Crippen molar-refractivity contribution < 1.29 is 19.1 Å². The van der Waals surface area contributed by atoms with Gasteiger partial charge in [0.15, 0.2) is 0 Å². The molecule has 31 heavy (non-hydrogen) atoms. The molecule has 8 heteroatoms. The summed E-state index contributed by atoms with van der Waals surface area (Å²) in [5.41, 5.74) is 2.64. The highest BCUT2D eigenvalue weighted by molar-refractivity contribution is 6.30. The van der Waals surface area contributed by atoms with Gasteiger partial charge in [-0.2, -0.15) is 5.10 Å². The van der Waals surface area contributed by atoms with E-state index in [9.17, 15) is 9.59 Å². The summed E-state index contributed by atoms with van der Waals surface area (Å²) in [6.07, 6.45) is 0.553. The summed E-state index contributed by atoms with van der Waals surface area (Å²) in [6, 6.07) is 14.7. The molecule has 164 valence electrons. The van der Waals surface area contributed by atoms with Crippen LogP contribution in [0.4, 0.5) is 0 Å². The van der Waals surface area contributed by atoms with Crippen LogP contribution in [0.2, 0.25) is 5.02 Å². The number of hydrogen-bond acceptors (Lipinski definition) is 5. The van der Waals surface area contributed by atoms with Crippen LogP contribution in [0, 0.1) is 0 Å². The number of carbonyl (C=O) groups is 2. The molecule has 0 saturated carbocycles. The smallest absolute Gasteiger partial charge is 0.262 e. The summed E-state index contributed by atoms with van der Waals surface area (Å²) >= 11 is 6.05. The molecule has 1 aliphatic rings. The van der Waals surface area contributed by atoms with E-state index in [2.05, 4.69) is 5.10 Å². The summed E-state index contributed by atoms with van der Waals surface area (Å²) < 4.78 is 10.3. The fraction of sp³-hybridized carbons (Fsp3) is 0.348. The summed E-state index contributed by atoms with van der Waals surface area (Å²) in [6.45, 7) is 2.07. The van der Waals surface area contributed by atoms with Gasteiger partial charge in [0.1, 0.15) is 12.3 Å². The van der Waals surface area contributed by atoms with E-state index in [4.69, 9.17) is 21.1 Å². The van der Waals surface area contributed by atoms with Crippen LogP contribution in [0.25, 0.3) is 0 Å². The Labute approximate surface area is 187 Å². The van der Waals surface area contributed by atoms with Gasteiger partial charge < -0.3 is 14.4 Å². The summed E-state index contributed by atoms with van der Waals surface area (Å²) in [5.74, 6) is 0.307. The van der Waals surface area contributed by atoms with Gasteiger partial charge in [0.25, 0.3) is 5.91 Å². The van der Waals surface area contributed by atoms with Crippen molar-refractivity contribution in [1.82, 2.24) is 9.91 Å². The quantitative estimate of drug-likeness (QED) is 0.625. The van der Waals surface area contributed by atoms with Gasteiger partial charge in [-0.05, 0) is 47.5 Å². The van der Waals surface area contributed by atoms with E-state index in [0.717, 1.165) is 22.6 Å². The third-order valence-electron chi connectivity index (χ3n) is 5.18. The number of carbonyl (C=O) groups excluding carboxylic acids is 2. The normalized spacial score (nSPS) is 15.5. The first kappa shape index (κ1) is 22.8. The zero-order chi connectivity index (χ0) is 22.4. The molecule has 1 aliphatic heterocycles. The Kier molecular flexibility index (Phi) is 7.65. The molecule has 0 saturated heterocycles. The first-order chi connectivity index (χ1) is 14.9. The molecule has 0 bridgehead atoms. The van der Waals surface area contributed by atoms with Crippen LogP contribution >= 0.6 is 11.6 Å². The maximum absolute atomic E-state index is 13.2. The lowest BCUT2D eigenvalue weighted by molar-refractivity contribution is -0.141. The van der Waals surface area contributed by atoms with Gasteiger partial charge in [-0.3, -0.25) is 9.59 Å². The average molecular weight is 444 g/mol. The fourth-order valence-corrected chi connectivity index (χ4v) is 3.55. The minimum absolute atomic E-state index is 0.0673. The Morgan fingerprint density at radius 3 is 2.39 bits per heavy atom. The molecular weight excluding hydrogens is 418 g/mol. The number of benzene rings is 2. The van der Waals surface area contributed by atoms with E-state index in [1.165, 1.54) is 16.8 Å². The Hall–Kier alpha value is -2.90. The minimum atomic E-state index is -0.280. The molecule has 0 radical (unpaired) electrons.